The fraction of sp³-hybridized carbons (Fsp3) is 0.700. The highest BCUT2D eigenvalue weighted by Crippen LogP contribution is 2.47. The van der Waals surface area contributed by atoms with Crippen LogP contribution in [0.5, 0.6) is 0 Å². The molecule has 0 atom stereocenters. The maximum Gasteiger partial charge on any atom is 0.168 e. The van der Waals surface area contributed by atoms with Crippen LogP contribution in [-0.2, 0) is 14.9 Å². The van der Waals surface area contributed by atoms with Gasteiger partial charge in [-0.25, -0.2) is 0 Å². The van der Waals surface area contributed by atoms with Crippen LogP contribution >= 0.6 is 0 Å². The van der Waals surface area contributed by atoms with E-state index in [1.165, 1.54) is 57.2 Å². The molecule has 1 saturated heterocycles. The van der Waals surface area contributed by atoms with Gasteiger partial charge in [0.05, 0.1) is 13.2 Å². The van der Waals surface area contributed by atoms with Crippen LogP contribution in [0.25, 0.3) is 0 Å². The van der Waals surface area contributed by atoms with E-state index in [2.05, 4.69) is 29.6 Å². The van der Waals surface area contributed by atoms with Crippen LogP contribution in [-0.4, -0.2) is 25.5 Å². The highest BCUT2D eigenvalue weighted by atomic mass is 16.7. The first kappa shape index (κ1) is 15.5. The second kappa shape index (κ2) is 6.45. The monoisotopic (exact) mass is 315 g/mol. The topological polar surface area (TPSA) is 30.5 Å². The Balaban J connectivity index is 0.000000122. The van der Waals surface area contributed by atoms with Gasteiger partial charge in [-0.2, -0.15) is 0 Å². The summed E-state index contributed by atoms with van der Waals surface area (Å²) in [5.74, 6) is -0.127. The van der Waals surface area contributed by atoms with Crippen molar-refractivity contribution < 1.29 is 9.47 Å². The Labute approximate surface area is 139 Å². The predicted octanol–water partition coefficient (Wildman–Crippen LogP) is 4.62. The number of ether oxygens (including phenoxy) is 2. The van der Waals surface area contributed by atoms with Crippen LogP contribution in [0, 0.1) is 0 Å². The minimum Gasteiger partial charge on any atom is -0.384 e. The Morgan fingerprint density at radius 3 is 2.17 bits per heavy atom. The minimum absolute atomic E-state index is 0.127. The summed E-state index contributed by atoms with van der Waals surface area (Å²) in [5, 5.41) is 3.53. The molecule has 0 bridgehead atoms. The van der Waals surface area contributed by atoms with Crippen LogP contribution in [0.4, 0.5) is 5.69 Å². The Kier molecular flexibility index (Phi) is 4.33. The number of benzene rings is 1. The summed E-state index contributed by atoms with van der Waals surface area (Å²) in [7, 11) is 0. The first-order chi connectivity index (χ1) is 11.3. The average molecular weight is 315 g/mol. The molecule has 2 heterocycles. The number of hydrogen-bond donors (Lipinski definition) is 1. The van der Waals surface area contributed by atoms with E-state index in [4.69, 9.17) is 9.47 Å². The van der Waals surface area contributed by atoms with Crippen molar-refractivity contribution in [3.05, 3.63) is 29.8 Å². The van der Waals surface area contributed by atoms with Crippen LogP contribution in [0.2, 0.25) is 0 Å². The molecule has 0 unspecified atom stereocenters. The zero-order valence-corrected chi connectivity index (χ0v) is 14.1. The summed E-state index contributed by atoms with van der Waals surface area (Å²) in [5.41, 5.74) is 3.47. The second-order valence-corrected chi connectivity index (χ2v) is 7.55. The van der Waals surface area contributed by atoms with Gasteiger partial charge in [-0.05, 0) is 37.3 Å². The molecule has 2 saturated carbocycles. The van der Waals surface area contributed by atoms with Crippen molar-refractivity contribution in [1.82, 2.24) is 0 Å². The Morgan fingerprint density at radius 2 is 1.43 bits per heavy atom. The number of fused-ring (bicyclic) bond motifs is 2. The van der Waals surface area contributed by atoms with E-state index in [0.29, 0.717) is 5.41 Å². The van der Waals surface area contributed by atoms with E-state index < -0.39 is 0 Å². The molecule has 0 radical (unpaired) electrons. The number of nitrogens with one attached hydrogen (secondary N) is 1. The molecule has 4 aliphatic rings. The van der Waals surface area contributed by atoms with Crippen molar-refractivity contribution in [3.63, 3.8) is 0 Å². The maximum absolute atomic E-state index is 5.56. The van der Waals surface area contributed by atoms with E-state index in [9.17, 15) is 0 Å². The molecule has 5 rings (SSSR count). The number of rotatable bonds is 0. The first-order valence-electron chi connectivity index (χ1n) is 9.43. The van der Waals surface area contributed by atoms with Gasteiger partial charge in [0.1, 0.15) is 0 Å². The number of anilines is 1. The Morgan fingerprint density at radius 1 is 0.783 bits per heavy atom. The van der Waals surface area contributed by atoms with E-state index in [1.54, 1.807) is 5.56 Å². The molecule has 0 aromatic heterocycles. The lowest BCUT2D eigenvalue weighted by molar-refractivity contribution is -0.176. The second-order valence-electron chi connectivity index (χ2n) is 7.55. The predicted molar refractivity (Wildman–Crippen MR) is 92.8 cm³/mol. The molecule has 3 heteroatoms. The molecular formula is C20H29NO2. The molecule has 126 valence electrons. The average Bonchev–Trinajstić information content (AvgIpc) is 3.33. The largest absolute Gasteiger partial charge is 0.384 e. The van der Waals surface area contributed by atoms with Crippen LogP contribution in [0.3, 0.4) is 0 Å². The van der Waals surface area contributed by atoms with Crippen molar-refractivity contribution in [1.29, 1.82) is 0 Å². The third kappa shape index (κ3) is 3.01. The molecular weight excluding hydrogens is 286 g/mol. The summed E-state index contributed by atoms with van der Waals surface area (Å²) < 4.78 is 11.1. The third-order valence-corrected chi connectivity index (χ3v) is 6.11. The van der Waals surface area contributed by atoms with Gasteiger partial charge in [-0.15, -0.1) is 0 Å². The summed E-state index contributed by atoms with van der Waals surface area (Å²) in [4.78, 5) is 0. The van der Waals surface area contributed by atoms with Gasteiger partial charge in [-0.1, -0.05) is 37.5 Å². The highest BCUT2D eigenvalue weighted by molar-refractivity contribution is 5.60. The standard InChI is InChI=1S/C12H15N.C8H14O2/c1-2-6-11-10(5-1)12(9-13-11)7-3-4-8-12;1-2-4-8(5-3-1)9-6-7-10-8/h1-2,5-6,13H,3-4,7-9H2;1-7H2. The zero-order valence-electron chi connectivity index (χ0n) is 14.1. The molecule has 3 nitrogen and oxygen atoms in total. The fourth-order valence-corrected chi connectivity index (χ4v) is 4.83. The van der Waals surface area contributed by atoms with E-state index in [-0.39, 0.29) is 5.79 Å². The van der Waals surface area contributed by atoms with Gasteiger partial charge in [-0.3, -0.25) is 0 Å². The van der Waals surface area contributed by atoms with E-state index in [0.717, 1.165) is 26.1 Å². The van der Waals surface area contributed by atoms with Crippen molar-refractivity contribution in [2.24, 2.45) is 0 Å². The van der Waals surface area contributed by atoms with Crippen molar-refractivity contribution >= 4 is 5.69 Å². The number of hydrogen-bond acceptors (Lipinski definition) is 3. The fourth-order valence-electron chi connectivity index (χ4n) is 4.83. The van der Waals surface area contributed by atoms with Crippen LogP contribution in [0.15, 0.2) is 24.3 Å². The lowest BCUT2D eigenvalue weighted by atomic mass is 9.81. The van der Waals surface area contributed by atoms with Crippen LogP contribution < -0.4 is 5.32 Å². The van der Waals surface area contributed by atoms with Crippen molar-refractivity contribution in [2.75, 3.05) is 25.1 Å². The smallest absolute Gasteiger partial charge is 0.168 e. The van der Waals surface area contributed by atoms with Gasteiger partial charge >= 0.3 is 0 Å². The maximum atomic E-state index is 5.56. The van der Waals surface area contributed by atoms with Crippen molar-refractivity contribution in [3.8, 4) is 0 Å². The van der Waals surface area contributed by atoms with Gasteiger partial charge in [0, 0.05) is 30.5 Å². The summed E-state index contributed by atoms with van der Waals surface area (Å²) in [6.45, 7) is 2.78. The molecule has 2 spiro atoms. The Hall–Kier alpha value is -1.06. The quantitative estimate of drug-likeness (QED) is 0.758. The van der Waals surface area contributed by atoms with Crippen molar-refractivity contribution in [2.45, 2.75) is 69.0 Å². The van der Waals surface area contributed by atoms with Gasteiger partial charge in [0.15, 0.2) is 5.79 Å². The number of para-hydroxylation sites is 1. The SMILES string of the molecule is C1CCC2(CC1)OCCO2.c1ccc2c(c1)NCC21CCCC1. The normalized spacial score (nSPS) is 26.6. The lowest BCUT2D eigenvalue weighted by Gasteiger charge is -2.30. The van der Waals surface area contributed by atoms with Crippen LogP contribution in [0.1, 0.15) is 63.4 Å². The lowest BCUT2D eigenvalue weighted by Crippen LogP contribution is -2.32. The molecule has 23 heavy (non-hydrogen) atoms. The molecule has 1 aromatic rings. The molecule has 2 aliphatic carbocycles. The minimum atomic E-state index is -0.127. The van der Waals surface area contributed by atoms with Gasteiger partial charge in [0.2, 0.25) is 0 Å². The molecule has 1 N–H and O–H groups in total. The first-order valence-corrected chi connectivity index (χ1v) is 9.43. The summed E-state index contributed by atoms with van der Waals surface area (Å²) >= 11 is 0. The third-order valence-electron chi connectivity index (χ3n) is 6.11. The molecule has 2 aliphatic heterocycles. The van der Waals surface area contributed by atoms with E-state index >= 15 is 0 Å². The summed E-state index contributed by atoms with van der Waals surface area (Å²) in [6.07, 6.45) is 11.7. The molecule has 3 fully saturated rings. The van der Waals surface area contributed by atoms with Gasteiger partial charge in [0.25, 0.3) is 0 Å². The van der Waals surface area contributed by atoms with Gasteiger partial charge < -0.3 is 14.8 Å². The zero-order chi connectivity index (χ0) is 15.6. The van der Waals surface area contributed by atoms with E-state index in [1.807, 2.05) is 0 Å². The molecule has 1 aromatic carbocycles. The Bertz CT molecular complexity index is 522. The molecule has 0 amide bonds. The summed E-state index contributed by atoms with van der Waals surface area (Å²) in [6, 6.07) is 8.81. The highest BCUT2D eigenvalue weighted by Gasteiger charge is 2.40.